The number of carbonyl (C=O) groups excluding carboxylic acids is 1. The summed E-state index contributed by atoms with van der Waals surface area (Å²) >= 11 is 0. The van der Waals surface area contributed by atoms with E-state index in [9.17, 15) is 4.79 Å². The molecule has 5 heteroatoms. The van der Waals surface area contributed by atoms with Crippen LogP contribution >= 0.6 is 0 Å². The number of hydrogen-bond donors (Lipinski definition) is 3. The molecule has 4 N–H and O–H groups in total. The van der Waals surface area contributed by atoms with E-state index in [4.69, 9.17) is 10.2 Å². The zero-order chi connectivity index (χ0) is 9.52. The summed E-state index contributed by atoms with van der Waals surface area (Å²) in [6.45, 7) is 1.96. The van der Waals surface area contributed by atoms with Gasteiger partial charge in [-0.1, -0.05) is 0 Å². The van der Waals surface area contributed by atoms with Crippen molar-refractivity contribution in [3.63, 3.8) is 0 Å². The lowest BCUT2D eigenvalue weighted by molar-refractivity contribution is 0.249. The lowest BCUT2D eigenvalue weighted by Gasteiger charge is -2.02. The van der Waals surface area contributed by atoms with Crippen LogP contribution in [0.4, 0.5) is 4.79 Å². The Balaban J connectivity index is 1.99. The SMILES string of the molecule is NC(=O)NCCNCc1ccoc1. The number of rotatable bonds is 5. The second-order valence-corrected chi connectivity index (χ2v) is 2.60. The van der Waals surface area contributed by atoms with Crippen LogP contribution in [0, 0.1) is 0 Å². The van der Waals surface area contributed by atoms with Crippen molar-refractivity contribution in [1.29, 1.82) is 0 Å². The summed E-state index contributed by atoms with van der Waals surface area (Å²) in [5, 5.41) is 5.59. The second kappa shape index (κ2) is 5.21. The first-order valence-corrected chi connectivity index (χ1v) is 4.04. The molecule has 0 aliphatic carbocycles. The fraction of sp³-hybridized carbons (Fsp3) is 0.375. The van der Waals surface area contributed by atoms with Gasteiger partial charge in [-0.05, 0) is 6.07 Å². The van der Waals surface area contributed by atoms with Crippen LogP contribution in [0.1, 0.15) is 5.56 Å². The number of urea groups is 1. The van der Waals surface area contributed by atoms with Crippen molar-refractivity contribution in [3.8, 4) is 0 Å². The Morgan fingerprint density at radius 3 is 3.00 bits per heavy atom. The third-order valence-corrected chi connectivity index (χ3v) is 1.51. The zero-order valence-electron chi connectivity index (χ0n) is 7.25. The molecule has 72 valence electrons. The van der Waals surface area contributed by atoms with E-state index in [-0.39, 0.29) is 0 Å². The Bertz CT molecular complexity index is 246. The van der Waals surface area contributed by atoms with Crippen molar-refractivity contribution in [1.82, 2.24) is 10.6 Å². The molecule has 5 nitrogen and oxygen atoms in total. The van der Waals surface area contributed by atoms with Crippen LogP contribution in [0.25, 0.3) is 0 Å². The van der Waals surface area contributed by atoms with Gasteiger partial charge >= 0.3 is 6.03 Å². The highest BCUT2D eigenvalue weighted by atomic mass is 16.3. The van der Waals surface area contributed by atoms with Gasteiger partial charge in [0, 0.05) is 25.2 Å². The van der Waals surface area contributed by atoms with Crippen LogP contribution < -0.4 is 16.4 Å². The quantitative estimate of drug-likeness (QED) is 0.564. The molecule has 1 aromatic rings. The summed E-state index contributed by atoms with van der Waals surface area (Å²) in [4.78, 5) is 10.3. The average molecular weight is 183 g/mol. The van der Waals surface area contributed by atoms with E-state index in [1.165, 1.54) is 0 Å². The third-order valence-electron chi connectivity index (χ3n) is 1.51. The third kappa shape index (κ3) is 4.17. The van der Waals surface area contributed by atoms with Gasteiger partial charge < -0.3 is 20.8 Å². The molecule has 0 unspecified atom stereocenters. The largest absolute Gasteiger partial charge is 0.472 e. The minimum Gasteiger partial charge on any atom is -0.472 e. The Hall–Kier alpha value is -1.49. The summed E-state index contributed by atoms with van der Waals surface area (Å²) in [5.74, 6) is 0. The number of primary amides is 1. The number of hydrogen-bond acceptors (Lipinski definition) is 3. The Morgan fingerprint density at radius 2 is 2.38 bits per heavy atom. The van der Waals surface area contributed by atoms with Crippen molar-refractivity contribution in [2.45, 2.75) is 6.54 Å². The molecule has 1 rings (SSSR count). The van der Waals surface area contributed by atoms with E-state index in [0.717, 1.165) is 12.1 Å². The second-order valence-electron chi connectivity index (χ2n) is 2.60. The van der Waals surface area contributed by atoms with Crippen LogP contribution in [0.2, 0.25) is 0 Å². The minimum atomic E-state index is -0.495. The number of amides is 2. The standard InChI is InChI=1S/C8H13N3O2/c9-8(12)11-3-2-10-5-7-1-4-13-6-7/h1,4,6,10H,2-3,5H2,(H3,9,11,12). The Labute approximate surface area is 76.3 Å². The average Bonchev–Trinajstić information content (AvgIpc) is 2.55. The van der Waals surface area contributed by atoms with Crippen LogP contribution in [-0.4, -0.2) is 19.1 Å². The van der Waals surface area contributed by atoms with Crippen LogP contribution in [0.3, 0.4) is 0 Å². The summed E-state index contributed by atoms with van der Waals surface area (Å²) in [5.41, 5.74) is 5.96. The van der Waals surface area contributed by atoms with Gasteiger partial charge in [0.25, 0.3) is 0 Å². The van der Waals surface area contributed by atoms with Crippen molar-refractivity contribution < 1.29 is 9.21 Å². The lowest BCUT2D eigenvalue weighted by Crippen LogP contribution is -2.35. The maximum absolute atomic E-state index is 10.3. The van der Waals surface area contributed by atoms with Crippen molar-refractivity contribution in [2.75, 3.05) is 13.1 Å². The van der Waals surface area contributed by atoms with Gasteiger partial charge in [-0.25, -0.2) is 4.79 Å². The van der Waals surface area contributed by atoms with E-state index in [0.29, 0.717) is 13.1 Å². The van der Waals surface area contributed by atoms with E-state index in [1.807, 2.05) is 6.07 Å². The van der Waals surface area contributed by atoms with Crippen molar-refractivity contribution >= 4 is 6.03 Å². The van der Waals surface area contributed by atoms with Gasteiger partial charge in [0.15, 0.2) is 0 Å². The van der Waals surface area contributed by atoms with Crippen molar-refractivity contribution in [2.24, 2.45) is 5.73 Å². The fourth-order valence-corrected chi connectivity index (χ4v) is 0.900. The molecule has 0 radical (unpaired) electrons. The molecule has 2 amide bonds. The highest BCUT2D eigenvalue weighted by molar-refractivity contribution is 5.71. The molecule has 1 aromatic heterocycles. The van der Waals surface area contributed by atoms with Crippen molar-refractivity contribution in [3.05, 3.63) is 24.2 Å². The minimum absolute atomic E-state index is 0.495. The molecule has 0 fully saturated rings. The van der Waals surface area contributed by atoms with Crippen LogP contribution in [0.15, 0.2) is 23.0 Å². The predicted octanol–water partition coefficient (Wildman–Crippen LogP) is 0.0375. The highest BCUT2D eigenvalue weighted by Gasteiger charge is 1.93. The Morgan fingerprint density at radius 1 is 1.54 bits per heavy atom. The first-order valence-electron chi connectivity index (χ1n) is 4.04. The lowest BCUT2D eigenvalue weighted by atomic mass is 10.3. The Kier molecular flexibility index (Phi) is 3.84. The molecule has 0 saturated heterocycles. The molecule has 0 atom stereocenters. The molecule has 0 aliphatic rings. The molecule has 13 heavy (non-hydrogen) atoms. The van der Waals surface area contributed by atoms with E-state index >= 15 is 0 Å². The summed E-state index contributed by atoms with van der Waals surface area (Å²) < 4.78 is 4.88. The predicted molar refractivity (Wildman–Crippen MR) is 48.0 cm³/mol. The first kappa shape index (κ1) is 9.60. The summed E-state index contributed by atoms with van der Waals surface area (Å²) in [6.07, 6.45) is 3.30. The molecule has 0 bridgehead atoms. The molecule has 0 aromatic carbocycles. The maximum Gasteiger partial charge on any atom is 0.312 e. The first-order chi connectivity index (χ1) is 6.29. The summed E-state index contributed by atoms with van der Waals surface area (Å²) in [6, 6.07) is 1.39. The smallest absolute Gasteiger partial charge is 0.312 e. The van der Waals surface area contributed by atoms with Crippen LogP contribution in [0.5, 0.6) is 0 Å². The molecule has 0 aliphatic heterocycles. The van der Waals surface area contributed by atoms with Gasteiger partial charge in [-0.2, -0.15) is 0 Å². The monoisotopic (exact) mass is 183 g/mol. The fourth-order valence-electron chi connectivity index (χ4n) is 0.900. The zero-order valence-corrected chi connectivity index (χ0v) is 7.25. The molecular weight excluding hydrogens is 170 g/mol. The topological polar surface area (TPSA) is 80.3 Å². The van der Waals surface area contributed by atoms with Gasteiger partial charge in [-0.15, -0.1) is 0 Å². The van der Waals surface area contributed by atoms with E-state index < -0.39 is 6.03 Å². The number of nitrogens with two attached hydrogens (primary N) is 1. The molecule has 1 heterocycles. The number of furan rings is 1. The summed E-state index contributed by atoms with van der Waals surface area (Å²) in [7, 11) is 0. The molecule has 0 spiro atoms. The number of carbonyl (C=O) groups is 1. The van der Waals surface area contributed by atoms with Crippen LogP contribution in [-0.2, 0) is 6.54 Å². The molecular formula is C8H13N3O2. The maximum atomic E-state index is 10.3. The normalized spacial score (nSPS) is 9.85. The van der Waals surface area contributed by atoms with E-state index in [1.54, 1.807) is 12.5 Å². The molecule has 0 saturated carbocycles. The number of nitrogens with one attached hydrogen (secondary N) is 2. The highest BCUT2D eigenvalue weighted by Crippen LogP contribution is 1.97. The van der Waals surface area contributed by atoms with Gasteiger partial charge in [0.2, 0.25) is 0 Å². The van der Waals surface area contributed by atoms with Gasteiger partial charge in [0.1, 0.15) is 0 Å². The van der Waals surface area contributed by atoms with Gasteiger partial charge in [-0.3, -0.25) is 0 Å². The van der Waals surface area contributed by atoms with E-state index in [2.05, 4.69) is 10.6 Å². The van der Waals surface area contributed by atoms with Gasteiger partial charge in [0.05, 0.1) is 12.5 Å².